The minimum Gasteiger partial charge on any atom is -0.493 e. The van der Waals surface area contributed by atoms with E-state index in [1.165, 1.54) is 0 Å². The topological polar surface area (TPSA) is 60.5 Å². The van der Waals surface area contributed by atoms with Gasteiger partial charge in [-0.1, -0.05) is 24.3 Å². The van der Waals surface area contributed by atoms with Crippen LogP contribution in [-0.2, 0) is 11.3 Å². The van der Waals surface area contributed by atoms with Gasteiger partial charge in [0.25, 0.3) is 5.91 Å². The summed E-state index contributed by atoms with van der Waals surface area (Å²) in [5.41, 5.74) is 1.81. The summed E-state index contributed by atoms with van der Waals surface area (Å²) in [6, 6.07) is 11.1. The van der Waals surface area contributed by atoms with Crippen LogP contribution in [0.25, 0.3) is 6.08 Å². The maximum atomic E-state index is 11.8. The van der Waals surface area contributed by atoms with Crippen LogP contribution in [0.3, 0.4) is 0 Å². The van der Waals surface area contributed by atoms with Gasteiger partial charge in [0, 0.05) is 6.20 Å². The lowest BCUT2D eigenvalue weighted by Crippen LogP contribution is -2.28. The number of nitrogens with one attached hydrogen (secondary N) is 1. The zero-order valence-corrected chi connectivity index (χ0v) is 13.3. The predicted molar refractivity (Wildman–Crippen MR) is 89.3 cm³/mol. The molecule has 1 aromatic heterocycles. The largest absolute Gasteiger partial charge is 0.493 e. The minimum atomic E-state index is -0.213. The summed E-state index contributed by atoms with van der Waals surface area (Å²) in [5, 5.41) is 2.76. The van der Waals surface area contributed by atoms with Crippen molar-refractivity contribution in [3.05, 3.63) is 59.9 Å². The first-order valence-electron chi connectivity index (χ1n) is 7.33. The number of amides is 1. The van der Waals surface area contributed by atoms with Crippen LogP contribution in [0.2, 0.25) is 0 Å². The summed E-state index contributed by atoms with van der Waals surface area (Å²) in [6.45, 7) is 2.25. The maximum Gasteiger partial charge on any atom is 0.258 e. The smallest absolute Gasteiger partial charge is 0.258 e. The second kappa shape index (κ2) is 8.58. The molecule has 0 aliphatic carbocycles. The fourth-order valence-corrected chi connectivity index (χ4v) is 1.99. The highest BCUT2D eigenvalue weighted by Gasteiger charge is 2.08. The molecule has 0 aliphatic heterocycles. The van der Waals surface area contributed by atoms with Gasteiger partial charge in [-0.15, -0.1) is 0 Å². The molecular formula is C18H20N2O3. The molecule has 5 nitrogen and oxygen atoms in total. The van der Waals surface area contributed by atoms with Crippen molar-refractivity contribution in [1.82, 2.24) is 10.3 Å². The first kappa shape index (κ1) is 16.5. The second-order valence-electron chi connectivity index (χ2n) is 4.80. The molecule has 1 aromatic carbocycles. The first-order valence-corrected chi connectivity index (χ1v) is 7.33. The van der Waals surface area contributed by atoms with Gasteiger partial charge < -0.3 is 14.8 Å². The maximum absolute atomic E-state index is 11.8. The third kappa shape index (κ3) is 5.14. The van der Waals surface area contributed by atoms with E-state index in [4.69, 9.17) is 9.47 Å². The van der Waals surface area contributed by atoms with Crippen LogP contribution in [0.5, 0.6) is 11.5 Å². The second-order valence-corrected chi connectivity index (χ2v) is 4.80. The van der Waals surface area contributed by atoms with E-state index in [2.05, 4.69) is 10.3 Å². The van der Waals surface area contributed by atoms with Crippen LogP contribution in [0.15, 0.2) is 48.7 Å². The molecule has 0 aliphatic rings. The molecule has 0 saturated heterocycles. The number of carbonyl (C=O) groups is 1. The molecule has 23 heavy (non-hydrogen) atoms. The SMILES string of the molecule is C/C=C\c1ccc(OCC(=O)NCc2ccccn2)c(OC)c1. The van der Waals surface area contributed by atoms with Crippen molar-refractivity contribution in [2.24, 2.45) is 0 Å². The van der Waals surface area contributed by atoms with Crippen molar-refractivity contribution >= 4 is 12.0 Å². The monoisotopic (exact) mass is 312 g/mol. The molecule has 120 valence electrons. The van der Waals surface area contributed by atoms with Gasteiger partial charge in [0.2, 0.25) is 0 Å². The first-order chi connectivity index (χ1) is 11.2. The molecule has 5 heteroatoms. The van der Waals surface area contributed by atoms with Crippen LogP contribution < -0.4 is 14.8 Å². The van der Waals surface area contributed by atoms with Crippen molar-refractivity contribution in [1.29, 1.82) is 0 Å². The molecule has 0 spiro atoms. The van der Waals surface area contributed by atoms with Gasteiger partial charge in [-0.05, 0) is 36.8 Å². The van der Waals surface area contributed by atoms with Crippen LogP contribution >= 0.6 is 0 Å². The fraction of sp³-hybridized carbons (Fsp3) is 0.222. The van der Waals surface area contributed by atoms with Gasteiger partial charge in [0.15, 0.2) is 18.1 Å². The quantitative estimate of drug-likeness (QED) is 0.854. The Balaban J connectivity index is 1.88. The Labute approximate surface area is 136 Å². The minimum absolute atomic E-state index is 0.0772. The molecular weight excluding hydrogens is 292 g/mol. The van der Waals surface area contributed by atoms with Gasteiger partial charge in [-0.25, -0.2) is 0 Å². The number of aromatic nitrogens is 1. The molecule has 0 unspecified atom stereocenters. The Bertz CT molecular complexity index is 669. The number of carbonyl (C=O) groups excluding carboxylic acids is 1. The Kier molecular flexibility index (Phi) is 6.17. The molecule has 1 amide bonds. The lowest BCUT2D eigenvalue weighted by molar-refractivity contribution is -0.123. The molecule has 0 fully saturated rings. The van der Waals surface area contributed by atoms with Gasteiger partial charge in [-0.2, -0.15) is 0 Å². The molecule has 1 N–H and O–H groups in total. The predicted octanol–water partition coefficient (Wildman–Crippen LogP) is 2.82. The Hall–Kier alpha value is -2.82. The highest BCUT2D eigenvalue weighted by Crippen LogP contribution is 2.28. The van der Waals surface area contributed by atoms with Gasteiger partial charge in [0.1, 0.15) is 0 Å². The molecule has 0 radical (unpaired) electrons. The average Bonchev–Trinajstić information content (AvgIpc) is 2.59. The van der Waals surface area contributed by atoms with Crippen LogP contribution in [0.1, 0.15) is 18.2 Å². The van der Waals surface area contributed by atoms with E-state index in [9.17, 15) is 4.79 Å². The zero-order chi connectivity index (χ0) is 16.5. The van der Waals surface area contributed by atoms with Crippen molar-refractivity contribution in [2.45, 2.75) is 13.5 Å². The highest BCUT2D eigenvalue weighted by atomic mass is 16.5. The number of pyridine rings is 1. The standard InChI is InChI=1S/C18H20N2O3/c1-3-6-14-8-9-16(17(11-14)22-2)23-13-18(21)20-12-15-7-4-5-10-19-15/h3-11H,12-13H2,1-2H3,(H,20,21)/b6-3-. The summed E-state index contributed by atoms with van der Waals surface area (Å²) in [4.78, 5) is 16.0. The molecule has 1 heterocycles. The molecule has 0 saturated carbocycles. The van der Waals surface area contributed by atoms with E-state index in [0.717, 1.165) is 11.3 Å². The third-order valence-electron chi connectivity index (χ3n) is 3.10. The number of ether oxygens (including phenoxy) is 2. The number of benzene rings is 1. The van der Waals surface area contributed by atoms with E-state index < -0.39 is 0 Å². The van der Waals surface area contributed by atoms with Crippen molar-refractivity contribution in [3.8, 4) is 11.5 Å². The van der Waals surface area contributed by atoms with E-state index >= 15 is 0 Å². The molecule has 0 bridgehead atoms. The molecule has 2 rings (SSSR count). The Morgan fingerprint density at radius 2 is 2.13 bits per heavy atom. The van der Waals surface area contributed by atoms with Gasteiger partial charge in [0.05, 0.1) is 19.3 Å². The third-order valence-corrected chi connectivity index (χ3v) is 3.10. The fourth-order valence-electron chi connectivity index (χ4n) is 1.99. The highest BCUT2D eigenvalue weighted by molar-refractivity contribution is 5.77. The molecule has 2 aromatic rings. The van der Waals surface area contributed by atoms with E-state index in [1.54, 1.807) is 19.4 Å². The van der Waals surface area contributed by atoms with Crippen molar-refractivity contribution in [3.63, 3.8) is 0 Å². The Morgan fingerprint density at radius 3 is 2.83 bits per heavy atom. The number of rotatable bonds is 7. The number of allylic oxidation sites excluding steroid dienone is 1. The normalized spacial score (nSPS) is 10.5. The number of nitrogens with zero attached hydrogens (tertiary/aromatic N) is 1. The van der Waals surface area contributed by atoms with Gasteiger partial charge in [-0.3, -0.25) is 9.78 Å². The summed E-state index contributed by atoms with van der Waals surface area (Å²) >= 11 is 0. The van der Waals surface area contributed by atoms with Crippen molar-refractivity contribution in [2.75, 3.05) is 13.7 Å². The van der Waals surface area contributed by atoms with Crippen LogP contribution in [0, 0.1) is 0 Å². The average molecular weight is 312 g/mol. The number of hydrogen-bond acceptors (Lipinski definition) is 4. The lowest BCUT2D eigenvalue weighted by atomic mass is 10.2. The van der Waals surface area contributed by atoms with E-state index in [1.807, 2.05) is 49.4 Å². The van der Waals surface area contributed by atoms with Gasteiger partial charge >= 0.3 is 0 Å². The lowest BCUT2D eigenvalue weighted by Gasteiger charge is -2.11. The van der Waals surface area contributed by atoms with Crippen LogP contribution in [0.4, 0.5) is 0 Å². The summed E-state index contributed by atoms with van der Waals surface area (Å²) in [6.07, 6.45) is 5.60. The van der Waals surface area contributed by atoms with E-state index in [-0.39, 0.29) is 12.5 Å². The van der Waals surface area contributed by atoms with Crippen LogP contribution in [-0.4, -0.2) is 24.6 Å². The Morgan fingerprint density at radius 1 is 1.26 bits per heavy atom. The zero-order valence-electron chi connectivity index (χ0n) is 13.3. The number of hydrogen-bond donors (Lipinski definition) is 1. The van der Waals surface area contributed by atoms with Crippen molar-refractivity contribution < 1.29 is 14.3 Å². The number of methoxy groups -OCH3 is 1. The van der Waals surface area contributed by atoms with E-state index in [0.29, 0.717) is 18.0 Å². The summed E-state index contributed by atoms with van der Waals surface area (Å²) < 4.78 is 10.8. The summed E-state index contributed by atoms with van der Waals surface area (Å²) in [7, 11) is 1.57. The summed E-state index contributed by atoms with van der Waals surface area (Å²) in [5.74, 6) is 0.919. The molecule has 0 atom stereocenters.